The fourth-order valence-corrected chi connectivity index (χ4v) is 4.44. The molecule has 0 radical (unpaired) electrons. The number of fused-ring (bicyclic) bond motifs is 1. The Balaban J connectivity index is 1.36. The lowest BCUT2D eigenvalue weighted by atomic mass is 9.79. The molecule has 1 aliphatic carbocycles. The molecule has 0 N–H and O–H groups in total. The molecule has 2 aromatic rings. The number of imidazole rings is 1. The highest BCUT2D eigenvalue weighted by molar-refractivity contribution is 6.62. The molecule has 1 atom stereocenters. The molecule has 3 heterocycles. The van der Waals surface area contributed by atoms with E-state index in [4.69, 9.17) is 9.31 Å². The van der Waals surface area contributed by atoms with E-state index in [1.165, 1.54) is 24.8 Å². The largest absolute Gasteiger partial charge is 0.494 e. The quantitative estimate of drug-likeness (QED) is 0.763. The fourth-order valence-electron chi connectivity index (χ4n) is 4.44. The maximum atomic E-state index is 6.20. The van der Waals surface area contributed by atoms with Crippen LogP contribution in [0, 0.1) is 0 Å². The zero-order chi connectivity index (χ0) is 19.5. The van der Waals surface area contributed by atoms with Crippen LogP contribution < -0.4 is 5.46 Å². The summed E-state index contributed by atoms with van der Waals surface area (Å²) in [6.45, 7) is 9.33. The lowest BCUT2D eigenvalue weighted by molar-refractivity contribution is 0.00578. The predicted octanol–water partition coefficient (Wildman–Crippen LogP) is 3.48. The standard InChI is InChI=1S/C22H30BN3O2/c1-21(2)22(3,4)28-23(27-21)16-10-11-20-19(13-16)24-15-25(20)14-18-9-6-12-26(18)17-7-5-8-17/h6,10-13,15,17-18H,5,7-9,14H2,1-4H3. The average molecular weight is 379 g/mol. The van der Waals surface area contributed by atoms with E-state index >= 15 is 0 Å². The van der Waals surface area contributed by atoms with Gasteiger partial charge in [-0.3, -0.25) is 0 Å². The van der Waals surface area contributed by atoms with Gasteiger partial charge in [-0.1, -0.05) is 12.1 Å². The summed E-state index contributed by atoms with van der Waals surface area (Å²) in [5.74, 6) is 0. The Kier molecular flexibility index (Phi) is 4.15. The van der Waals surface area contributed by atoms with Crippen molar-refractivity contribution in [1.82, 2.24) is 14.5 Å². The molecule has 148 valence electrons. The third kappa shape index (κ3) is 2.89. The van der Waals surface area contributed by atoms with E-state index < -0.39 is 0 Å². The Morgan fingerprint density at radius 1 is 1.14 bits per heavy atom. The number of rotatable bonds is 4. The van der Waals surface area contributed by atoms with E-state index in [9.17, 15) is 0 Å². The molecule has 1 saturated heterocycles. The van der Waals surface area contributed by atoms with Crippen LogP contribution in [0.4, 0.5) is 0 Å². The summed E-state index contributed by atoms with van der Waals surface area (Å²) in [5, 5.41) is 0. The summed E-state index contributed by atoms with van der Waals surface area (Å²) < 4.78 is 14.7. The van der Waals surface area contributed by atoms with Crippen LogP contribution in [0.1, 0.15) is 53.4 Å². The summed E-state index contributed by atoms with van der Waals surface area (Å²) in [4.78, 5) is 7.26. The van der Waals surface area contributed by atoms with Crippen LogP contribution >= 0.6 is 0 Å². The van der Waals surface area contributed by atoms with Crippen LogP contribution in [0.15, 0.2) is 36.8 Å². The van der Waals surface area contributed by atoms with Crippen LogP contribution in [-0.4, -0.2) is 44.9 Å². The smallest absolute Gasteiger partial charge is 0.399 e. The van der Waals surface area contributed by atoms with Crippen molar-refractivity contribution >= 4 is 23.6 Å². The van der Waals surface area contributed by atoms with Gasteiger partial charge < -0.3 is 18.8 Å². The first kappa shape index (κ1) is 18.3. The molecule has 1 saturated carbocycles. The van der Waals surface area contributed by atoms with Gasteiger partial charge in [0.25, 0.3) is 0 Å². The van der Waals surface area contributed by atoms with Gasteiger partial charge in [0.1, 0.15) is 0 Å². The summed E-state index contributed by atoms with van der Waals surface area (Å²) in [7, 11) is -0.340. The van der Waals surface area contributed by atoms with Gasteiger partial charge in [-0.2, -0.15) is 0 Å². The fraction of sp³-hybridized carbons (Fsp3) is 0.591. The maximum absolute atomic E-state index is 6.20. The highest BCUT2D eigenvalue weighted by Gasteiger charge is 2.51. The molecule has 1 unspecified atom stereocenters. The van der Waals surface area contributed by atoms with Crippen LogP contribution in [0.3, 0.4) is 0 Å². The zero-order valence-electron chi connectivity index (χ0n) is 17.4. The van der Waals surface area contributed by atoms with Crippen molar-refractivity contribution in [1.29, 1.82) is 0 Å². The monoisotopic (exact) mass is 379 g/mol. The lowest BCUT2D eigenvalue weighted by Gasteiger charge is -2.39. The second kappa shape index (κ2) is 6.36. The zero-order valence-corrected chi connectivity index (χ0v) is 17.4. The lowest BCUT2D eigenvalue weighted by Crippen LogP contribution is -2.42. The van der Waals surface area contributed by atoms with Gasteiger partial charge in [0.05, 0.1) is 34.6 Å². The van der Waals surface area contributed by atoms with Gasteiger partial charge in [0.15, 0.2) is 0 Å². The maximum Gasteiger partial charge on any atom is 0.494 e. The molecule has 3 aliphatic rings. The van der Waals surface area contributed by atoms with E-state index in [0.29, 0.717) is 6.04 Å². The van der Waals surface area contributed by atoms with E-state index in [1.54, 1.807) is 0 Å². The number of nitrogens with zero attached hydrogens (tertiary/aromatic N) is 3. The summed E-state index contributed by atoms with van der Waals surface area (Å²) >= 11 is 0. The molecule has 6 heteroatoms. The van der Waals surface area contributed by atoms with Crippen molar-refractivity contribution in [2.24, 2.45) is 0 Å². The molecule has 0 amide bonds. The van der Waals surface area contributed by atoms with Crippen LogP contribution in [-0.2, 0) is 15.9 Å². The molecule has 2 fully saturated rings. The van der Waals surface area contributed by atoms with Crippen LogP contribution in [0.5, 0.6) is 0 Å². The number of hydrogen-bond donors (Lipinski definition) is 0. The minimum Gasteiger partial charge on any atom is -0.399 e. The van der Waals surface area contributed by atoms with Crippen molar-refractivity contribution in [3.8, 4) is 0 Å². The normalized spacial score (nSPS) is 26.4. The van der Waals surface area contributed by atoms with Gasteiger partial charge in [-0.25, -0.2) is 4.98 Å². The van der Waals surface area contributed by atoms with E-state index in [2.05, 4.69) is 72.6 Å². The van der Waals surface area contributed by atoms with E-state index in [1.807, 2.05) is 6.33 Å². The van der Waals surface area contributed by atoms with Gasteiger partial charge in [0, 0.05) is 12.6 Å². The molecular formula is C22H30BN3O2. The Bertz CT molecular complexity index is 900. The molecular weight excluding hydrogens is 349 g/mol. The topological polar surface area (TPSA) is 39.5 Å². The highest BCUT2D eigenvalue weighted by Crippen LogP contribution is 2.36. The second-order valence-corrected chi connectivity index (χ2v) is 9.54. The van der Waals surface area contributed by atoms with E-state index in [0.717, 1.165) is 30.0 Å². The Hall–Kier alpha value is -1.79. The second-order valence-electron chi connectivity index (χ2n) is 9.54. The number of hydrogen-bond acceptors (Lipinski definition) is 4. The minimum absolute atomic E-state index is 0.327. The van der Waals surface area contributed by atoms with Crippen molar-refractivity contribution in [3.63, 3.8) is 0 Å². The van der Waals surface area contributed by atoms with Crippen molar-refractivity contribution in [3.05, 3.63) is 36.8 Å². The first-order chi connectivity index (χ1) is 13.3. The third-order valence-electron chi connectivity index (χ3n) is 7.18. The average Bonchev–Trinajstić information content (AvgIpc) is 3.25. The summed E-state index contributed by atoms with van der Waals surface area (Å²) in [6.07, 6.45) is 11.8. The summed E-state index contributed by atoms with van der Waals surface area (Å²) in [6, 6.07) is 7.70. The van der Waals surface area contributed by atoms with Crippen LogP contribution in [0.25, 0.3) is 11.0 Å². The van der Waals surface area contributed by atoms with Gasteiger partial charge in [-0.15, -0.1) is 0 Å². The molecule has 0 spiro atoms. The number of benzene rings is 1. The molecule has 2 aliphatic heterocycles. The molecule has 5 nitrogen and oxygen atoms in total. The van der Waals surface area contributed by atoms with Crippen molar-refractivity contribution in [2.75, 3.05) is 0 Å². The molecule has 1 aromatic heterocycles. The van der Waals surface area contributed by atoms with Crippen LogP contribution in [0.2, 0.25) is 0 Å². The molecule has 5 rings (SSSR count). The first-order valence-corrected chi connectivity index (χ1v) is 10.6. The van der Waals surface area contributed by atoms with Gasteiger partial charge in [0.2, 0.25) is 0 Å². The predicted molar refractivity (Wildman–Crippen MR) is 112 cm³/mol. The molecule has 0 bridgehead atoms. The van der Waals surface area contributed by atoms with E-state index in [-0.39, 0.29) is 18.3 Å². The van der Waals surface area contributed by atoms with Gasteiger partial charge >= 0.3 is 7.12 Å². The third-order valence-corrected chi connectivity index (χ3v) is 7.18. The Morgan fingerprint density at radius 3 is 2.57 bits per heavy atom. The van der Waals surface area contributed by atoms with Gasteiger partial charge in [-0.05, 0) is 77.2 Å². The minimum atomic E-state index is -0.340. The van der Waals surface area contributed by atoms with Crippen molar-refractivity contribution in [2.45, 2.75) is 83.2 Å². The summed E-state index contributed by atoms with van der Waals surface area (Å²) in [5.41, 5.74) is 2.57. The highest BCUT2D eigenvalue weighted by atomic mass is 16.7. The van der Waals surface area contributed by atoms with Crippen molar-refractivity contribution < 1.29 is 9.31 Å². The molecule has 28 heavy (non-hydrogen) atoms. The Morgan fingerprint density at radius 2 is 1.89 bits per heavy atom. The number of aromatic nitrogens is 2. The first-order valence-electron chi connectivity index (χ1n) is 10.6. The molecule has 1 aromatic carbocycles. The SMILES string of the molecule is CC1(C)OB(c2ccc3c(c2)ncn3CC2CC=CN2C2CCC2)OC1(C)C. The Labute approximate surface area is 167 Å².